The van der Waals surface area contributed by atoms with Crippen molar-refractivity contribution in [3.8, 4) is 0 Å². The molecule has 0 fully saturated rings. The molecule has 5 heteroatoms. The Morgan fingerprint density at radius 1 is 1.91 bits per heavy atom. The average Bonchev–Trinajstić information content (AvgIpc) is 2.52. The number of carbonyl (C=O) groups is 1. The van der Waals surface area contributed by atoms with E-state index in [0.717, 1.165) is 12.0 Å². The summed E-state index contributed by atoms with van der Waals surface area (Å²) >= 11 is 1.96. The van der Waals surface area contributed by atoms with E-state index < -0.39 is 0 Å². The van der Waals surface area contributed by atoms with Crippen molar-refractivity contribution < 1.29 is 4.79 Å². The third kappa shape index (κ3) is 2.58. The predicted molar refractivity (Wildman–Crippen MR) is 49.3 cm³/mol. The number of hydrogen-bond donors (Lipinski definition) is 2. The fraction of sp³-hybridized carbons (Fsp3) is 0.333. The Morgan fingerprint density at radius 3 is 3.18 bits per heavy atom. The van der Waals surface area contributed by atoms with Crippen LogP contribution in [0.3, 0.4) is 0 Å². The van der Waals surface area contributed by atoms with Crippen LogP contribution < -0.4 is 3.53 Å². The third-order valence-electron chi connectivity index (χ3n) is 1.30. The van der Waals surface area contributed by atoms with Crippen LogP contribution in [0.15, 0.2) is 12.5 Å². The van der Waals surface area contributed by atoms with E-state index in [9.17, 15) is 4.79 Å². The Labute approximate surface area is 78.3 Å². The highest BCUT2D eigenvalue weighted by atomic mass is 127. The highest BCUT2D eigenvalue weighted by Gasteiger charge is 2.05. The number of H-pyrrole nitrogens is 1. The van der Waals surface area contributed by atoms with Gasteiger partial charge in [-0.15, -0.1) is 0 Å². The van der Waals surface area contributed by atoms with E-state index in [1.165, 1.54) is 0 Å². The van der Waals surface area contributed by atoms with Crippen molar-refractivity contribution in [2.75, 3.05) is 0 Å². The fourth-order valence-electron chi connectivity index (χ4n) is 0.746. The summed E-state index contributed by atoms with van der Waals surface area (Å²) in [7, 11) is 0. The Hall–Kier alpha value is -0.430. The lowest BCUT2D eigenvalue weighted by atomic mass is 10.2. The molecule has 0 bridgehead atoms. The number of hydrogen-bond acceptors (Lipinski definition) is 3. The zero-order valence-corrected chi connectivity index (χ0v) is 7.91. The monoisotopic (exact) mass is 265 g/mol. The smallest absolute Gasteiger partial charge is 0.138 e. The molecule has 1 unspecified atom stereocenters. The molecule has 2 N–H and O–H groups in total. The largest absolute Gasteiger partial charge is 0.348 e. The van der Waals surface area contributed by atoms with Crippen LogP contribution in [0.4, 0.5) is 0 Å². The summed E-state index contributed by atoms with van der Waals surface area (Å²) in [6.07, 6.45) is 4.86. The molecule has 1 rings (SSSR count). The van der Waals surface area contributed by atoms with E-state index in [1.807, 2.05) is 22.9 Å². The number of rotatable bonds is 4. The van der Waals surface area contributed by atoms with Gasteiger partial charge in [-0.1, -0.05) is 0 Å². The van der Waals surface area contributed by atoms with E-state index in [-0.39, 0.29) is 6.04 Å². The van der Waals surface area contributed by atoms with Crippen molar-refractivity contribution in [1.29, 1.82) is 0 Å². The second-order valence-electron chi connectivity index (χ2n) is 2.13. The summed E-state index contributed by atoms with van der Waals surface area (Å²) < 4.78 is 2.84. The molecule has 11 heavy (non-hydrogen) atoms. The maximum absolute atomic E-state index is 10.4. The van der Waals surface area contributed by atoms with Crippen LogP contribution >= 0.6 is 22.9 Å². The summed E-state index contributed by atoms with van der Waals surface area (Å²) in [6.45, 7) is 0. The summed E-state index contributed by atoms with van der Waals surface area (Å²) in [5, 5.41) is 0. The topological polar surface area (TPSA) is 57.8 Å². The quantitative estimate of drug-likeness (QED) is 0.472. The molecular formula is C6H8IN3O. The third-order valence-corrected chi connectivity index (χ3v) is 2.10. The van der Waals surface area contributed by atoms with Gasteiger partial charge in [0.1, 0.15) is 6.29 Å². The molecule has 1 aromatic rings. The summed E-state index contributed by atoms with van der Waals surface area (Å²) in [5.74, 6) is 0. The minimum absolute atomic E-state index is 0.129. The van der Waals surface area contributed by atoms with Gasteiger partial charge in [-0.2, -0.15) is 0 Å². The molecule has 0 aliphatic carbocycles. The van der Waals surface area contributed by atoms with E-state index in [0.29, 0.717) is 6.42 Å². The first-order valence-corrected chi connectivity index (χ1v) is 4.23. The van der Waals surface area contributed by atoms with Crippen molar-refractivity contribution >= 4 is 29.2 Å². The van der Waals surface area contributed by atoms with E-state index in [1.54, 1.807) is 12.5 Å². The molecule has 0 amide bonds. The lowest BCUT2D eigenvalue weighted by Crippen LogP contribution is -2.24. The van der Waals surface area contributed by atoms with Crippen LogP contribution in [0.25, 0.3) is 0 Å². The van der Waals surface area contributed by atoms with Crippen molar-refractivity contribution in [2.45, 2.75) is 12.5 Å². The molecule has 0 aliphatic heterocycles. The number of imidazole rings is 1. The summed E-state index contributed by atoms with van der Waals surface area (Å²) in [6, 6.07) is -0.129. The van der Waals surface area contributed by atoms with Gasteiger partial charge in [0.25, 0.3) is 0 Å². The lowest BCUT2D eigenvalue weighted by Gasteiger charge is -2.03. The molecule has 60 valence electrons. The lowest BCUT2D eigenvalue weighted by molar-refractivity contribution is -0.109. The van der Waals surface area contributed by atoms with E-state index >= 15 is 0 Å². The van der Waals surface area contributed by atoms with Gasteiger partial charge in [0.2, 0.25) is 0 Å². The molecule has 1 aromatic heterocycles. The Balaban J connectivity index is 2.47. The van der Waals surface area contributed by atoms with E-state index in [2.05, 4.69) is 13.5 Å². The van der Waals surface area contributed by atoms with Gasteiger partial charge in [0.05, 0.1) is 12.4 Å². The normalized spacial score (nSPS) is 12.8. The van der Waals surface area contributed by atoms with Gasteiger partial charge in [0.15, 0.2) is 0 Å². The molecule has 1 atom stereocenters. The maximum Gasteiger partial charge on any atom is 0.138 e. The number of nitrogens with one attached hydrogen (secondary N) is 2. The highest BCUT2D eigenvalue weighted by molar-refractivity contribution is 14.1. The maximum atomic E-state index is 10.4. The van der Waals surface area contributed by atoms with Gasteiger partial charge >= 0.3 is 0 Å². The first-order chi connectivity index (χ1) is 5.36. The van der Waals surface area contributed by atoms with Crippen LogP contribution in [0.5, 0.6) is 0 Å². The first kappa shape index (κ1) is 8.66. The van der Waals surface area contributed by atoms with Gasteiger partial charge in [-0.3, -0.25) is 3.53 Å². The summed E-state index contributed by atoms with van der Waals surface area (Å²) in [4.78, 5) is 17.1. The summed E-state index contributed by atoms with van der Waals surface area (Å²) in [5.41, 5.74) is 0.964. The van der Waals surface area contributed by atoms with Crippen LogP contribution in [0.1, 0.15) is 5.69 Å². The van der Waals surface area contributed by atoms with Crippen LogP contribution in [-0.2, 0) is 11.2 Å². The number of aldehydes is 1. The molecule has 0 aliphatic rings. The zero-order chi connectivity index (χ0) is 8.10. The second-order valence-corrected chi connectivity index (χ2v) is 2.76. The SMILES string of the molecule is O=CC(Cc1cnc[nH]1)NI. The van der Waals surface area contributed by atoms with Gasteiger partial charge in [0, 0.05) is 41.2 Å². The average molecular weight is 265 g/mol. The highest BCUT2D eigenvalue weighted by Crippen LogP contribution is 1.97. The van der Waals surface area contributed by atoms with Gasteiger partial charge < -0.3 is 9.78 Å². The van der Waals surface area contributed by atoms with Gasteiger partial charge in [-0.05, 0) is 0 Å². The fourth-order valence-corrected chi connectivity index (χ4v) is 1.11. The zero-order valence-electron chi connectivity index (χ0n) is 5.75. The van der Waals surface area contributed by atoms with E-state index in [4.69, 9.17) is 0 Å². The minimum Gasteiger partial charge on any atom is -0.348 e. The van der Waals surface area contributed by atoms with Crippen LogP contribution in [0, 0.1) is 0 Å². The van der Waals surface area contributed by atoms with Crippen molar-refractivity contribution in [2.24, 2.45) is 0 Å². The molecule has 1 heterocycles. The predicted octanol–water partition coefficient (Wildman–Crippen LogP) is 0.459. The number of carbonyl (C=O) groups excluding carboxylic acids is 1. The minimum atomic E-state index is -0.129. The van der Waals surface area contributed by atoms with Crippen molar-refractivity contribution in [3.05, 3.63) is 18.2 Å². The van der Waals surface area contributed by atoms with Crippen LogP contribution in [0.2, 0.25) is 0 Å². The molecule has 4 nitrogen and oxygen atoms in total. The second kappa shape index (κ2) is 4.45. The first-order valence-electron chi connectivity index (χ1n) is 3.15. The number of halogens is 1. The number of aromatic nitrogens is 2. The molecular weight excluding hydrogens is 257 g/mol. The standard InChI is InChI=1S/C6H8IN3O/c7-10-6(3-11)1-5-2-8-4-9-5/h2-4,6,10H,1H2,(H,8,9). The Morgan fingerprint density at radius 2 is 2.73 bits per heavy atom. The molecule has 0 radical (unpaired) electrons. The molecule has 0 saturated heterocycles. The molecule has 0 spiro atoms. The van der Waals surface area contributed by atoms with Crippen LogP contribution in [-0.4, -0.2) is 22.3 Å². The number of nitrogens with zero attached hydrogens (tertiary/aromatic N) is 1. The Bertz CT molecular complexity index is 212. The molecule has 0 aromatic carbocycles. The van der Waals surface area contributed by atoms with Crippen molar-refractivity contribution in [3.63, 3.8) is 0 Å². The Kier molecular flexibility index (Phi) is 3.50. The number of aromatic amines is 1. The molecule has 0 saturated carbocycles. The van der Waals surface area contributed by atoms with Gasteiger partial charge in [-0.25, -0.2) is 4.98 Å². The van der Waals surface area contributed by atoms with Crippen molar-refractivity contribution in [1.82, 2.24) is 13.5 Å².